The monoisotopic (exact) mass is 684 g/mol. The smallest absolute Gasteiger partial charge is 0.307 e. The number of pyridine rings is 1. The molecule has 0 N–H and O–H groups in total. The highest BCUT2D eigenvalue weighted by atomic mass is 32.2. The number of imide groups is 1. The van der Waals surface area contributed by atoms with E-state index in [0.29, 0.717) is 25.9 Å². The molecule has 1 aromatic heterocycles. The lowest BCUT2D eigenvalue weighted by Gasteiger charge is -2.14. The van der Waals surface area contributed by atoms with Gasteiger partial charge in [0, 0.05) is 24.7 Å². The lowest BCUT2D eigenvalue weighted by atomic mass is 10.1. The largest absolute Gasteiger partial charge is 0.493 e. The van der Waals surface area contributed by atoms with Crippen molar-refractivity contribution in [2.24, 2.45) is 0 Å². The van der Waals surface area contributed by atoms with Gasteiger partial charge in [0.1, 0.15) is 5.75 Å². The molecule has 0 bridgehead atoms. The maximum absolute atomic E-state index is 12.9. The molecule has 1 aliphatic rings. The first-order valence-electron chi connectivity index (χ1n) is 17.6. The third-order valence-corrected chi connectivity index (χ3v) is 8.83. The molecule has 1 aromatic carbocycles. The Kier molecular flexibility index (Phi) is 19.3. The number of esters is 1. The molecule has 0 spiro atoms. The topological polar surface area (TPSA) is 85.8 Å². The molecule has 1 fully saturated rings. The van der Waals surface area contributed by atoms with Gasteiger partial charge in [0.25, 0.3) is 5.24 Å². The summed E-state index contributed by atoms with van der Waals surface area (Å²) in [6, 6.07) is 11.7. The number of amides is 2. The van der Waals surface area contributed by atoms with Crippen LogP contribution in [0.4, 0.5) is 4.79 Å². The van der Waals surface area contributed by atoms with Crippen molar-refractivity contribution < 1.29 is 23.9 Å². The lowest BCUT2D eigenvalue weighted by molar-refractivity contribution is -0.149. The first-order chi connectivity index (χ1) is 24.0. The van der Waals surface area contributed by atoms with E-state index in [2.05, 4.69) is 85.7 Å². The Labute approximate surface area is 297 Å². The van der Waals surface area contributed by atoms with Crippen LogP contribution in [0.1, 0.15) is 88.5 Å². The molecule has 262 valence electrons. The van der Waals surface area contributed by atoms with Gasteiger partial charge in [-0.3, -0.25) is 19.4 Å². The minimum atomic E-state index is -0.546. The zero-order valence-electron chi connectivity index (χ0n) is 29.1. The Morgan fingerprint density at radius 1 is 0.816 bits per heavy atom. The van der Waals surface area contributed by atoms with Crippen LogP contribution in [0.5, 0.6) is 5.75 Å². The molecule has 49 heavy (non-hydrogen) atoms. The normalized spacial score (nSPS) is 15.3. The van der Waals surface area contributed by atoms with Crippen LogP contribution in [0.3, 0.4) is 0 Å². The molecular weight excluding hydrogens is 633 g/mol. The van der Waals surface area contributed by atoms with Crippen LogP contribution in [-0.2, 0) is 33.6 Å². The average molecular weight is 685 g/mol. The summed E-state index contributed by atoms with van der Waals surface area (Å²) >= 11 is 0.973. The molecule has 2 heterocycles. The highest BCUT2D eigenvalue weighted by Crippen LogP contribution is 2.30. The number of thioether (sulfide) groups is 1. The van der Waals surface area contributed by atoms with Crippen molar-refractivity contribution in [3.8, 4) is 5.75 Å². The van der Waals surface area contributed by atoms with Crippen LogP contribution < -0.4 is 4.74 Å². The summed E-state index contributed by atoms with van der Waals surface area (Å²) in [7, 11) is 0. The van der Waals surface area contributed by atoms with Crippen LogP contribution in [0.2, 0.25) is 0 Å². The van der Waals surface area contributed by atoms with E-state index in [0.717, 1.165) is 78.6 Å². The fraction of sp³-hybridized carbons (Fsp3) is 0.415. The molecule has 8 heteroatoms. The van der Waals surface area contributed by atoms with E-state index in [4.69, 9.17) is 9.47 Å². The molecule has 1 atom stereocenters. The molecule has 2 amide bonds. The molecule has 0 aliphatic carbocycles. The van der Waals surface area contributed by atoms with E-state index in [9.17, 15) is 14.4 Å². The minimum Gasteiger partial charge on any atom is -0.493 e. The van der Waals surface area contributed by atoms with Crippen LogP contribution in [0.25, 0.3) is 0 Å². The second-order valence-electron chi connectivity index (χ2n) is 11.7. The summed E-state index contributed by atoms with van der Waals surface area (Å²) in [4.78, 5) is 43.1. The van der Waals surface area contributed by atoms with Crippen LogP contribution in [-0.4, -0.2) is 45.6 Å². The third kappa shape index (κ3) is 16.2. The van der Waals surface area contributed by atoms with Gasteiger partial charge < -0.3 is 9.47 Å². The predicted octanol–water partition coefficient (Wildman–Crippen LogP) is 9.68. The molecule has 0 saturated carbocycles. The fourth-order valence-electron chi connectivity index (χ4n) is 4.83. The molecule has 1 saturated heterocycles. The Bertz CT molecular complexity index is 1430. The molecular formula is C41H52N2O5S. The Morgan fingerprint density at radius 2 is 1.43 bits per heavy atom. The van der Waals surface area contributed by atoms with Gasteiger partial charge in [-0.2, -0.15) is 0 Å². The number of ether oxygens (including phenoxy) is 2. The maximum Gasteiger partial charge on any atom is 0.307 e. The van der Waals surface area contributed by atoms with Gasteiger partial charge in [0.15, 0.2) is 6.73 Å². The first kappa shape index (κ1) is 39.3. The summed E-state index contributed by atoms with van der Waals surface area (Å²) in [5.74, 6) is -0.0133. The molecule has 1 unspecified atom stereocenters. The van der Waals surface area contributed by atoms with Gasteiger partial charge in [0.05, 0.1) is 11.9 Å². The van der Waals surface area contributed by atoms with Gasteiger partial charge in [-0.15, -0.1) is 0 Å². The zero-order valence-corrected chi connectivity index (χ0v) is 30.0. The molecule has 0 radical (unpaired) electrons. The molecule has 2 aromatic rings. The summed E-state index contributed by atoms with van der Waals surface area (Å²) in [5, 5.41) is -0.937. The molecule has 3 rings (SSSR count). The zero-order chi connectivity index (χ0) is 34.9. The van der Waals surface area contributed by atoms with E-state index in [1.165, 1.54) is 12.0 Å². The van der Waals surface area contributed by atoms with E-state index in [1.807, 2.05) is 36.5 Å². The van der Waals surface area contributed by atoms with Crippen molar-refractivity contribution in [2.45, 2.75) is 96.1 Å². The van der Waals surface area contributed by atoms with Crippen LogP contribution >= 0.6 is 11.8 Å². The average Bonchev–Trinajstić information content (AvgIpc) is 3.38. The van der Waals surface area contributed by atoms with Gasteiger partial charge in [-0.1, -0.05) is 111 Å². The van der Waals surface area contributed by atoms with E-state index in [-0.39, 0.29) is 19.1 Å². The Hall–Kier alpha value is -4.17. The quantitative estimate of drug-likeness (QED) is 0.0655. The van der Waals surface area contributed by atoms with Gasteiger partial charge >= 0.3 is 5.97 Å². The predicted molar refractivity (Wildman–Crippen MR) is 200 cm³/mol. The fourth-order valence-corrected chi connectivity index (χ4v) is 5.84. The van der Waals surface area contributed by atoms with Gasteiger partial charge in [-0.05, 0) is 87.1 Å². The van der Waals surface area contributed by atoms with E-state index < -0.39 is 16.5 Å². The molecule has 1 aliphatic heterocycles. The van der Waals surface area contributed by atoms with Crippen LogP contribution in [0.15, 0.2) is 103 Å². The number of carbonyl (C=O) groups is 3. The second kappa shape index (κ2) is 24.0. The lowest BCUT2D eigenvalue weighted by Crippen LogP contribution is -2.35. The van der Waals surface area contributed by atoms with Crippen molar-refractivity contribution in [1.82, 2.24) is 9.88 Å². The number of carbonyl (C=O) groups excluding carboxylic acids is 3. The number of allylic oxidation sites excluding steroid dienone is 10. The van der Waals surface area contributed by atoms with Crippen molar-refractivity contribution in [1.29, 1.82) is 0 Å². The number of hydrogen-bond donors (Lipinski definition) is 0. The van der Waals surface area contributed by atoms with E-state index >= 15 is 0 Å². The van der Waals surface area contributed by atoms with Crippen molar-refractivity contribution in [3.05, 3.63) is 120 Å². The third-order valence-electron chi connectivity index (χ3n) is 7.75. The van der Waals surface area contributed by atoms with Crippen molar-refractivity contribution in [3.63, 3.8) is 0 Å². The first-order valence-corrected chi connectivity index (χ1v) is 18.5. The summed E-state index contributed by atoms with van der Waals surface area (Å²) in [6.07, 6.45) is 33.4. The van der Waals surface area contributed by atoms with Gasteiger partial charge in [0.2, 0.25) is 5.91 Å². The number of aromatic nitrogens is 1. The van der Waals surface area contributed by atoms with Crippen molar-refractivity contribution >= 4 is 28.9 Å². The highest BCUT2D eigenvalue weighted by molar-refractivity contribution is 8.15. The summed E-state index contributed by atoms with van der Waals surface area (Å²) < 4.78 is 11.1. The van der Waals surface area contributed by atoms with Crippen LogP contribution in [0, 0.1) is 0 Å². The number of benzene rings is 1. The number of rotatable bonds is 23. The Balaban J connectivity index is 1.23. The molecule has 7 nitrogen and oxygen atoms in total. The van der Waals surface area contributed by atoms with Gasteiger partial charge in [-0.25, -0.2) is 4.90 Å². The summed E-state index contributed by atoms with van der Waals surface area (Å²) in [5.41, 5.74) is 3.12. The van der Waals surface area contributed by atoms with Crippen molar-refractivity contribution in [2.75, 3.05) is 13.3 Å². The minimum absolute atomic E-state index is 0.233. The number of aryl methyl sites for hydroxylation is 1. The highest BCUT2D eigenvalue weighted by Gasteiger charge is 2.40. The number of hydrogen-bond acceptors (Lipinski definition) is 7. The SMILES string of the molecule is CCC/C=C\C/C=C\C/C=C\C/C=C\C/C=C\CCCC(=O)OCN1C(=O)SC(Cc2ccc(OCCc3ccc(CC)cn3)cc2)C1=O. The summed E-state index contributed by atoms with van der Waals surface area (Å²) in [6.45, 7) is 4.46. The second-order valence-corrected chi connectivity index (χ2v) is 12.9. The van der Waals surface area contributed by atoms with E-state index in [1.54, 1.807) is 0 Å². The number of unbranched alkanes of at least 4 members (excludes halogenated alkanes) is 2. The number of nitrogens with zero attached hydrogens (tertiary/aromatic N) is 2. The maximum atomic E-state index is 12.9. The Morgan fingerprint density at radius 3 is 2.02 bits per heavy atom. The standard InChI is InChI=1S/C41H52N2O5S/c1-3-5-6-7-8-9-10-11-12-13-14-15-16-17-18-19-20-21-22-39(44)48-33-43-40(45)38(49-41(43)46)31-35-24-27-37(28-25-35)47-30-29-36-26-23-34(4-2)32-42-36/h6-7,9-10,12-13,15-16,18-19,23-28,32,38H,3-5,8,11,14,17,20-22,29-31,33H2,1-2H3/b7-6-,10-9-,13-12-,16-15-,19-18-.